The van der Waals surface area contributed by atoms with Crippen LogP contribution in [0.25, 0.3) is 0 Å². The first-order valence-corrected chi connectivity index (χ1v) is 7.54. The normalized spacial score (nSPS) is 17.8. The highest BCUT2D eigenvalue weighted by molar-refractivity contribution is 7.91. The summed E-state index contributed by atoms with van der Waals surface area (Å²) in [6, 6.07) is 3.80. The fourth-order valence-corrected chi connectivity index (χ4v) is 3.90. The molecule has 1 saturated heterocycles. The lowest BCUT2D eigenvalue weighted by Gasteiger charge is -2.22. The zero-order valence-electron chi connectivity index (χ0n) is 9.93. The minimum atomic E-state index is -3.30. The molecule has 2 rings (SSSR count). The number of hydrogen-bond donors (Lipinski definition) is 1. The van der Waals surface area contributed by atoms with Gasteiger partial charge in [0, 0.05) is 18.9 Å². The van der Waals surface area contributed by atoms with E-state index in [0.29, 0.717) is 37.3 Å². The van der Waals surface area contributed by atoms with Crippen LogP contribution in [0.1, 0.15) is 18.4 Å². The lowest BCUT2D eigenvalue weighted by atomic mass is 10.2. The molecule has 1 heterocycles. The lowest BCUT2D eigenvalue weighted by molar-refractivity contribution is 0.0983. The summed E-state index contributed by atoms with van der Waals surface area (Å²) in [6.07, 6.45) is 0.995. The van der Waals surface area contributed by atoms with Crippen molar-refractivity contribution in [2.75, 3.05) is 18.9 Å². The highest BCUT2D eigenvalue weighted by Crippen LogP contribution is 2.23. The summed E-state index contributed by atoms with van der Waals surface area (Å²) in [7, 11) is -3.30. The van der Waals surface area contributed by atoms with Crippen LogP contribution < -0.4 is 5.73 Å². The highest BCUT2D eigenvalue weighted by atomic mass is 32.2. The molecule has 1 aliphatic heterocycles. The Bertz CT molecular complexity index is 524. The average Bonchev–Trinajstić information content (AvgIpc) is 2.35. The van der Waals surface area contributed by atoms with Crippen molar-refractivity contribution >= 4 is 15.5 Å². The van der Waals surface area contributed by atoms with Crippen molar-refractivity contribution < 1.29 is 17.5 Å². The molecule has 4 nitrogen and oxygen atoms in total. The van der Waals surface area contributed by atoms with Gasteiger partial charge in [-0.15, -0.1) is 0 Å². The van der Waals surface area contributed by atoms with Crippen LogP contribution in [0.4, 0.5) is 10.1 Å². The smallest absolute Gasteiger partial charge is 0.157 e. The Labute approximate surface area is 106 Å². The fourth-order valence-electron chi connectivity index (χ4n) is 2.07. The topological polar surface area (TPSA) is 69.4 Å². The zero-order valence-corrected chi connectivity index (χ0v) is 10.7. The molecule has 0 spiro atoms. The summed E-state index contributed by atoms with van der Waals surface area (Å²) in [5.41, 5.74) is 6.32. The standard InChI is InChI=1S/C12H16FNO3S/c13-10-1-2-12(14)9(7-10)8-18(15,16)11-3-5-17-6-4-11/h1-2,7,11H,3-6,8,14H2. The second-order valence-electron chi connectivity index (χ2n) is 4.46. The molecule has 18 heavy (non-hydrogen) atoms. The number of rotatable bonds is 3. The van der Waals surface area contributed by atoms with Crippen LogP contribution >= 0.6 is 0 Å². The molecule has 0 unspecified atom stereocenters. The zero-order chi connectivity index (χ0) is 13.2. The Morgan fingerprint density at radius 2 is 2.00 bits per heavy atom. The summed E-state index contributed by atoms with van der Waals surface area (Å²) in [5, 5.41) is -0.408. The maximum absolute atomic E-state index is 13.1. The maximum Gasteiger partial charge on any atom is 0.157 e. The molecule has 1 aromatic rings. The van der Waals surface area contributed by atoms with Gasteiger partial charge in [0.05, 0.1) is 11.0 Å². The van der Waals surface area contributed by atoms with Gasteiger partial charge in [-0.3, -0.25) is 0 Å². The fraction of sp³-hybridized carbons (Fsp3) is 0.500. The van der Waals surface area contributed by atoms with Gasteiger partial charge >= 0.3 is 0 Å². The molecule has 1 fully saturated rings. The Morgan fingerprint density at radius 3 is 2.67 bits per heavy atom. The monoisotopic (exact) mass is 273 g/mol. The Balaban J connectivity index is 2.18. The summed E-state index contributed by atoms with van der Waals surface area (Å²) < 4.78 is 42.6. The molecule has 6 heteroatoms. The number of nitrogens with two attached hydrogens (primary N) is 1. The highest BCUT2D eigenvalue weighted by Gasteiger charge is 2.28. The van der Waals surface area contributed by atoms with Gasteiger partial charge in [0.2, 0.25) is 0 Å². The van der Waals surface area contributed by atoms with E-state index in [-0.39, 0.29) is 5.75 Å². The van der Waals surface area contributed by atoms with E-state index < -0.39 is 20.9 Å². The van der Waals surface area contributed by atoms with Gasteiger partial charge in [0.1, 0.15) is 5.82 Å². The van der Waals surface area contributed by atoms with Crippen molar-refractivity contribution in [3.05, 3.63) is 29.6 Å². The maximum atomic E-state index is 13.1. The quantitative estimate of drug-likeness (QED) is 0.847. The molecule has 100 valence electrons. The second kappa shape index (κ2) is 5.24. The van der Waals surface area contributed by atoms with Crippen molar-refractivity contribution in [2.24, 2.45) is 0 Å². The molecule has 0 aliphatic carbocycles. The second-order valence-corrected chi connectivity index (χ2v) is 6.74. The number of benzene rings is 1. The van der Waals surface area contributed by atoms with Gasteiger partial charge in [0.15, 0.2) is 9.84 Å². The average molecular weight is 273 g/mol. The third-order valence-corrected chi connectivity index (χ3v) is 5.34. The van der Waals surface area contributed by atoms with E-state index in [2.05, 4.69) is 0 Å². The molecule has 0 atom stereocenters. The molecule has 0 radical (unpaired) electrons. The number of ether oxygens (including phenoxy) is 1. The van der Waals surface area contributed by atoms with E-state index in [0.717, 1.165) is 0 Å². The van der Waals surface area contributed by atoms with E-state index in [9.17, 15) is 12.8 Å². The van der Waals surface area contributed by atoms with Gasteiger partial charge in [-0.25, -0.2) is 12.8 Å². The van der Waals surface area contributed by atoms with Crippen LogP contribution in [0, 0.1) is 5.82 Å². The molecule has 0 saturated carbocycles. The number of anilines is 1. The van der Waals surface area contributed by atoms with Gasteiger partial charge in [-0.2, -0.15) is 0 Å². The van der Waals surface area contributed by atoms with E-state index in [4.69, 9.17) is 10.5 Å². The molecular weight excluding hydrogens is 257 g/mol. The minimum Gasteiger partial charge on any atom is -0.398 e. The summed E-state index contributed by atoms with van der Waals surface area (Å²) >= 11 is 0. The molecular formula is C12H16FNO3S. The van der Waals surface area contributed by atoms with E-state index >= 15 is 0 Å². The molecule has 0 aromatic heterocycles. The number of sulfone groups is 1. The minimum absolute atomic E-state index is 0.207. The van der Waals surface area contributed by atoms with Gasteiger partial charge in [0.25, 0.3) is 0 Å². The summed E-state index contributed by atoms with van der Waals surface area (Å²) in [4.78, 5) is 0. The van der Waals surface area contributed by atoms with Crippen molar-refractivity contribution in [1.29, 1.82) is 0 Å². The predicted molar refractivity (Wildman–Crippen MR) is 67.3 cm³/mol. The van der Waals surface area contributed by atoms with Crippen molar-refractivity contribution in [3.63, 3.8) is 0 Å². The van der Waals surface area contributed by atoms with E-state index in [1.165, 1.54) is 18.2 Å². The SMILES string of the molecule is Nc1ccc(F)cc1CS(=O)(=O)C1CCOCC1. The molecule has 0 amide bonds. The summed E-state index contributed by atoms with van der Waals surface area (Å²) in [6.45, 7) is 0.922. The van der Waals surface area contributed by atoms with Crippen molar-refractivity contribution in [3.8, 4) is 0 Å². The largest absolute Gasteiger partial charge is 0.398 e. The first kappa shape index (κ1) is 13.3. The van der Waals surface area contributed by atoms with Crippen LogP contribution in [0.2, 0.25) is 0 Å². The molecule has 2 N–H and O–H groups in total. The molecule has 0 bridgehead atoms. The number of hydrogen-bond acceptors (Lipinski definition) is 4. The first-order valence-electron chi connectivity index (χ1n) is 5.82. The van der Waals surface area contributed by atoms with E-state index in [1.54, 1.807) is 0 Å². The van der Waals surface area contributed by atoms with Crippen LogP contribution in [0.5, 0.6) is 0 Å². The van der Waals surface area contributed by atoms with Gasteiger partial charge in [-0.1, -0.05) is 0 Å². The third-order valence-electron chi connectivity index (χ3n) is 3.14. The van der Waals surface area contributed by atoms with Gasteiger partial charge in [-0.05, 0) is 36.6 Å². The Kier molecular flexibility index (Phi) is 3.87. The predicted octanol–water partition coefficient (Wildman–Crippen LogP) is 1.50. The number of nitrogen functional groups attached to an aromatic ring is 1. The third kappa shape index (κ3) is 3.00. The van der Waals surface area contributed by atoms with Crippen LogP contribution in [0.15, 0.2) is 18.2 Å². The lowest BCUT2D eigenvalue weighted by Crippen LogP contribution is -2.30. The van der Waals surface area contributed by atoms with Crippen LogP contribution in [-0.2, 0) is 20.3 Å². The summed E-state index contributed by atoms with van der Waals surface area (Å²) in [5.74, 6) is -0.678. The van der Waals surface area contributed by atoms with Crippen LogP contribution in [-0.4, -0.2) is 26.9 Å². The van der Waals surface area contributed by atoms with Gasteiger partial charge < -0.3 is 10.5 Å². The molecule has 1 aliphatic rings. The Hall–Kier alpha value is -1.14. The Morgan fingerprint density at radius 1 is 1.33 bits per heavy atom. The van der Waals surface area contributed by atoms with E-state index in [1.807, 2.05) is 0 Å². The molecule has 1 aromatic carbocycles. The van der Waals surface area contributed by atoms with Crippen LogP contribution in [0.3, 0.4) is 0 Å². The van der Waals surface area contributed by atoms with Crippen molar-refractivity contribution in [1.82, 2.24) is 0 Å². The van der Waals surface area contributed by atoms with Crippen molar-refractivity contribution in [2.45, 2.75) is 23.8 Å². The first-order chi connectivity index (χ1) is 8.49. The number of halogens is 1.